The second kappa shape index (κ2) is 7.21. The van der Waals surface area contributed by atoms with Crippen molar-refractivity contribution in [2.75, 3.05) is 12.0 Å². The molecule has 0 bridgehead atoms. The Morgan fingerprint density at radius 2 is 1.85 bits per heavy atom. The average Bonchev–Trinajstić information content (AvgIpc) is 2.64. The number of carbonyl (C=O) groups is 1. The van der Waals surface area contributed by atoms with Crippen molar-refractivity contribution in [1.82, 2.24) is 5.32 Å². The molecule has 0 amide bonds. The standard InChI is InChI=1S/C19H16F2N2O2S/c1-11-16(18(24)25-2)17(12-8-9-14(20)15(21)10-12)22-19(26)23(11)13-6-4-3-5-7-13/h3-10,17H,1-2H3,(H,22,26)/t17-/m1/s1. The number of ether oxygens (including phenoxy) is 1. The maximum Gasteiger partial charge on any atom is 0.337 e. The number of hydrogen-bond donors (Lipinski definition) is 1. The van der Waals surface area contributed by atoms with Gasteiger partial charge in [-0.25, -0.2) is 13.6 Å². The van der Waals surface area contributed by atoms with Crippen LogP contribution < -0.4 is 10.2 Å². The summed E-state index contributed by atoms with van der Waals surface area (Å²) < 4.78 is 31.9. The molecule has 0 radical (unpaired) electrons. The lowest BCUT2D eigenvalue weighted by Crippen LogP contribution is -2.48. The molecular formula is C19H16F2N2O2S. The zero-order chi connectivity index (χ0) is 18.8. The van der Waals surface area contributed by atoms with Crippen LogP contribution in [0.2, 0.25) is 0 Å². The van der Waals surface area contributed by atoms with Crippen molar-refractivity contribution in [3.63, 3.8) is 0 Å². The second-order valence-corrected chi connectivity index (χ2v) is 6.10. The summed E-state index contributed by atoms with van der Waals surface area (Å²) in [6.45, 7) is 1.74. The summed E-state index contributed by atoms with van der Waals surface area (Å²) in [4.78, 5) is 14.1. The monoisotopic (exact) mass is 374 g/mol. The van der Waals surface area contributed by atoms with E-state index in [9.17, 15) is 13.6 Å². The molecule has 0 aliphatic carbocycles. The lowest BCUT2D eigenvalue weighted by Gasteiger charge is -2.37. The molecule has 3 rings (SSSR count). The number of allylic oxidation sites excluding steroid dienone is 1. The van der Waals surface area contributed by atoms with Crippen molar-refractivity contribution in [3.05, 3.63) is 77.0 Å². The quantitative estimate of drug-likeness (QED) is 0.653. The van der Waals surface area contributed by atoms with Crippen molar-refractivity contribution >= 4 is 29.0 Å². The van der Waals surface area contributed by atoms with Crippen LogP contribution in [0.3, 0.4) is 0 Å². The zero-order valence-corrected chi connectivity index (χ0v) is 14.9. The Labute approximate surface area is 155 Å². The minimum Gasteiger partial charge on any atom is -0.466 e. The van der Waals surface area contributed by atoms with Crippen molar-refractivity contribution in [3.8, 4) is 0 Å². The first-order valence-electron chi connectivity index (χ1n) is 7.83. The van der Waals surface area contributed by atoms with E-state index in [4.69, 9.17) is 17.0 Å². The number of nitrogens with zero attached hydrogens (tertiary/aromatic N) is 1. The fraction of sp³-hybridized carbons (Fsp3) is 0.158. The van der Waals surface area contributed by atoms with Gasteiger partial charge in [0.2, 0.25) is 0 Å². The maximum atomic E-state index is 13.7. The number of para-hydroxylation sites is 1. The first-order valence-corrected chi connectivity index (χ1v) is 8.24. The number of anilines is 1. The number of halogens is 2. The first kappa shape index (κ1) is 18.0. The van der Waals surface area contributed by atoms with E-state index in [0.29, 0.717) is 16.4 Å². The van der Waals surface area contributed by atoms with Crippen LogP contribution in [0.15, 0.2) is 59.8 Å². The zero-order valence-electron chi connectivity index (χ0n) is 14.1. The minimum atomic E-state index is -0.998. The smallest absolute Gasteiger partial charge is 0.337 e. The van der Waals surface area contributed by atoms with Gasteiger partial charge in [0.1, 0.15) is 0 Å². The number of thiocarbonyl (C=S) groups is 1. The highest BCUT2D eigenvalue weighted by Crippen LogP contribution is 2.34. The van der Waals surface area contributed by atoms with Gasteiger partial charge in [-0.3, -0.25) is 4.90 Å². The Bertz CT molecular complexity index is 900. The van der Waals surface area contributed by atoms with Crippen LogP contribution in [0.1, 0.15) is 18.5 Å². The summed E-state index contributed by atoms with van der Waals surface area (Å²) in [5, 5.41) is 3.38. The van der Waals surface area contributed by atoms with Gasteiger partial charge in [-0.2, -0.15) is 0 Å². The Kier molecular flexibility index (Phi) is 4.99. The third-order valence-corrected chi connectivity index (χ3v) is 4.48. The molecule has 0 spiro atoms. The van der Waals surface area contributed by atoms with Crippen LogP contribution in [-0.2, 0) is 9.53 Å². The SMILES string of the molecule is COC(=O)C1=C(C)N(c2ccccc2)C(=S)N[C@@H]1c1ccc(F)c(F)c1. The van der Waals surface area contributed by atoms with Crippen LogP contribution in [0, 0.1) is 11.6 Å². The Balaban J connectivity index is 2.14. The fourth-order valence-corrected chi connectivity index (χ4v) is 3.31. The minimum absolute atomic E-state index is 0.274. The number of rotatable bonds is 3. The molecule has 1 aliphatic rings. The van der Waals surface area contributed by atoms with Gasteiger partial charge < -0.3 is 10.1 Å². The topological polar surface area (TPSA) is 41.6 Å². The number of hydrogen-bond acceptors (Lipinski definition) is 3. The normalized spacial score (nSPS) is 17.2. The molecule has 1 atom stereocenters. The van der Waals surface area contributed by atoms with E-state index in [1.165, 1.54) is 13.2 Å². The summed E-state index contributed by atoms with van der Waals surface area (Å²) in [6.07, 6.45) is 0. The van der Waals surface area contributed by atoms with Gasteiger partial charge >= 0.3 is 5.97 Å². The Hall–Kier alpha value is -2.80. The molecule has 1 N–H and O–H groups in total. The Morgan fingerprint density at radius 1 is 1.15 bits per heavy atom. The van der Waals surface area contributed by atoms with Crippen molar-refractivity contribution in [2.45, 2.75) is 13.0 Å². The summed E-state index contributed by atoms with van der Waals surface area (Å²) in [6, 6.07) is 12.0. The maximum absolute atomic E-state index is 13.7. The van der Waals surface area contributed by atoms with E-state index >= 15 is 0 Å². The van der Waals surface area contributed by atoms with Crippen molar-refractivity contribution in [1.29, 1.82) is 0 Å². The largest absolute Gasteiger partial charge is 0.466 e. The van der Waals surface area contributed by atoms with Gasteiger partial charge in [-0.1, -0.05) is 24.3 Å². The van der Waals surface area contributed by atoms with E-state index in [1.54, 1.807) is 11.8 Å². The molecule has 4 nitrogen and oxygen atoms in total. The average molecular weight is 374 g/mol. The predicted octanol–water partition coefficient (Wildman–Crippen LogP) is 3.85. The molecule has 0 unspecified atom stereocenters. The molecule has 7 heteroatoms. The summed E-state index contributed by atoms with van der Waals surface area (Å²) in [5.41, 5.74) is 1.98. The lowest BCUT2D eigenvalue weighted by atomic mass is 9.94. The second-order valence-electron chi connectivity index (χ2n) is 5.72. The third kappa shape index (κ3) is 3.17. The summed E-state index contributed by atoms with van der Waals surface area (Å²) in [7, 11) is 1.27. The molecule has 2 aromatic carbocycles. The highest BCUT2D eigenvalue weighted by molar-refractivity contribution is 7.80. The van der Waals surface area contributed by atoms with Crippen LogP contribution in [-0.4, -0.2) is 18.2 Å². The van der Waals surface area contributed by atoms with Gasteiger partial charge in [0, 0.05) is 11.4 Å². The molecule has 1 heterocycles. The first-order chi connectivity index (χ1) is 12.4. The molecule has 26 heavy (non-hydrogen) atoms. The van der Waals surface area contributed by atoms with Crippen LogP contribution in [0.25, 0.3) is 0 Å². The number of nitrogens with one attached hydrogen (secondary N) is 1. The predicted molar refractivity (Wildman–Crippen MR) is 98.5 cm³/mol. The number of esters is 1. The van der Waals surface area contributed by atoms with Crippen LogP contribution in [0.4, 0.5) is 14.5 Å². The number of methoxy groups -OCH3 is 1. The van der Waals surface area contributed by atoms with Gasteiger partial charge in [0.25, 0.3) is 0 Å². The molecule has 0 aromatic heterocycles. The van der Waals surface area contributed by atoms with Crippen LogP contribution >= 0.6 is 12.2 Å². The van der Waals surface area contributed by atoms with E-state index in [1.807, 2.05) is 30.3 Å². The highest BCUT2D eigenvalue weighted by atomic mass is 32.1. The van der Waals surface area contributed by atoms with Gasteiger partial charge in [0.05, 0.1) is 18.7 Å². The van der Waals surface area contributed by atoms with Crippen LogP contribution in [0.5, 0.6) is 0 Å². The van der Waals surface area contributed by atoms with E-state index in [-0.39, 0.29) is 5.57 Å². The third-order valence-electron chi connectivity index (χ3n) is 4.18. The lowest BCUT2D eigenvalue weighted by molar-refractivity contribution is -0.136. The van der Waals surface area contributed by atoms with Gasteiger partial charge in [0.15, 0.2) is 16.7 Å². The van der Waals surface area contributed by atoms with Gasteiger partial charge in [-0.05, 0) is 49.0 Å². The van der Waals surface area contributed by atoms with E-state index in [2.05, 4.69) is 5.32 Å². The molecule has 0 fully saturated rings. The van der Waals surface area contributed by atoms with E-state index in [0.717, 1.165) is 17.8 Å². The molecule has 134 valence electrons. The summed E-state index contributed by atoms with van der Waals surface area (Å²) >= 11 is 5.46. The van der Waals surface area contributed by atoms with E-state index < -0.39 is 23.6 Å². The molecular weight excluding hydrogens is 358 g/mol. The van der Waals surface area contributed by atoms with Crippen molar-refractivity contribution < 1.29 is 18.3 Å². The number of carbonyl (C=O) groups excluding carboxylic acids is 1. The van der Waals surface area contributed by atoms with Crippen molar-refractivity contribution in [2.24, 2.45) is 0 Å². The molecule has 2 aromatic rings. The molecule has 1 aliphatic heterocycles. The highest BCUT2D eigenvalue weighted by Gasteiger charge is 2.35. The summed E-state index contributed by atoms with van der Waals surface area (Å²) in [5.74, 6) is -2.53. The Morgan fingerprint density at radius 3 is 2.46 bits per heavy atom. The number of benzene rings is 2. The molecule has 0 saturated heterocycles. The molecule has 0 saturated carbocycles. The fourth-order valence-electron chi connectivity index (χ4n) is 2.95. The van der Waals surface area contributed by atoms with Gasteiger partial charge in [-0.15, -0.1) is 0 Å².